The van der Waals surface area contributed by atoms with Crippen LogP contribution in [-0.2, 0) is 24.8 Å². The first-order valence-corrected chi connectivity index (χ1v) is 17.1. The number of fused-ring (bicyclic) bond motifs is 2. The van der Waals surface area contributed by atoms with Crippen molar-refractivity contribution >= 4 is 46.0 Å². The molecule has 256 valence electrons. The number of rotatable bonds is 7. The Morgan fingerprint density at radius 3 is 2.52 bits per heavy atom. The van der Waals surface area contributed by atoms with Crippen LogP contribution >= 0.6 is 11.6 Å². The number of carboxylic acids is 1. The molecule has 0 spiro atoms. The Balaban J connectivity index is 1.17. The van der Waals surface area contributed by atoms with Crippen LogP contribution in [-0.4, -0.2) is 63.1 Å². The molecule has 2 N–H and O–H groups in total. The molecule has 1 aliphatic carbocycles. The van der Waals surface area contributed by atoms with E-state index in [9.17, 15) is 20.0 Å². The van der Waals surface area contributed by atoms with Crippen LogP contribution in [0, 0.1) is 24.2 Å². The number of benzene rings is 3. The zero-order chi connectivity index (χ0) is 35.3. The number of hydrogen-bond donors (Lipinski definition) is 2. The van der Waals surface area contributed by atoms with Crippen LogP contribution in [0.5, 0.6) is 0 Å². The van der Waals surface area contributed by atoms with Crippen LogP contribution in [0.25, 0.3) is 33.7 Å². The van der Waals surface area contributed by atoms with Crippen molar-refractivity contribution in [3.63, 3.8) is 0 Å². The molecule has 50 heavy (non-hydrogen) atoms. The second-order valence-corrected chi connectivity index (χ2v) is 13.8. The number of aromatic nitrogens is 3. The number of imidazole rings is 1. The molecular formula is C38H38ClN7O4. The van der Waals surface area contributed by atoms with Gasteiger partial charge in [0.2, 0.25) is 5.89 Å². The summed E-state index contributed by atoms with van der Waals surface area (Å²) in [7, 11) is 5.89. The summed E-state index contributed by atoms with van der Waals surface area (Å²) in [6, 6.07) is 17.5. The van der Waals surface area contributed by atoms with Gasteiger partial charge < -0.3 is 29.2 Å². The summed E-state index contributed by atoms with van der Waals surface area (Å²) in [6.07, 6.45) is 3.62. The number of anilines is 2. The van der Waals surface area contributed by atoms with Crippen molar-refractivity contribution in [3.8, 4) is 28.7 Å². The number of nitriles is 1. The lowest BCUT2D eigenvalue weighted by Gasteiger charge is -2.35. The predicted octanol–water partition coefficient (Wildman–Crippen LogP) is 7.05. The molecule has 3 aromatic carbocycles. The third-order valence-corrected chi connectivity index (χ3v) is 10.8. The lowest BCUT2D eigenvalue weighted by molar-refractivity contribution is -0.142. The number of hydrogen-bond acceptors (Lipinski definition) is 8. The van der Waals surface area contributed by atoms with Crippen LogP contribution in [0.3, 0.4) is 0 Å². The Labute approximate surface area is 295 Å². The van der Waals surface area contributed by atoms with Gasteiger partial charge in [-0.3, -0.25) is 9.59 Å². The van der Waals surface area contributed by atoms with E-state index in [0.717, 1.165) is 65.1 Å². The van der Waals surface area contributed by atoms with Gasteiger partial charge in [0, 0.05) is 62.2 Å². The molecule has 2 aliphatic rings. The number of nitrogens with zero attached hydrogens (tertiary/aromatic N) is 6. The van der Waals surface area contributed by atoms with Crippen molar-refractivity contribution in [2.45, 2.75) is 51.6 Å². The van der Waals surface area contributed by atoms with E-state index < -0.39 is 5.97 Å². The number of aliphatic carboxylic acids is 1. The molecule has 12 heteroatoms. The van der Waals surface area contributed by atoms with Crippen LogP contribution < -0.4 is 10.2 Å². The number of nitrogens with one attached hydrogen (secondary N) is 1. The summed E-state index contributed by atoms with van der Waals surface area (Å²) in [5, 5.41) is 22.8. The molecule has 3 heterocycles. The fourth-order valence-corrected chi connectivity index (χ4v) is 7.65. The molecule has 7 rings (SSSR count). The van der Waals surface area contributed by atoms with Gasteiger partial charge in [0.1, 0.15) is 11.6 Å². The molecule has 1 fully saturated rings. The topological polar surface area (TPSA) is 141 Å². The molecule has 1 aliphatic heterocycles. The van der Waals surface area contributed by atoms with E-state index >= 15 is 0 Å². The van der Waals surface area contributed by atoms with E-state index in [1.807, 2.05) is 75.1 Å². The molecule has 1 amide bonds. The SMILES string of the molecule is Cc1c(-c2nc3cc(N(C)C4CCC(C(=O)O)CC4)cc(C#N)c3o2)cccc1-c1cccc(NC(=O)c2nc3c(n2C)CCN(C)C3)c1Cl. The minimum atomic E-state index is -0.734. The molecule has 0 bridgehead atoms. The van der Waals surface area contributed by atoms with Gasteiger partial charge in [0.25, 0.3) is 5.91 Å². The molecule has 0 saturated heterocycles. The van der Waals surface area contributed by atoms with E-state index in [0.29, 0.717) is 58.5 Å². The smallest absolute Gasteiger partial charge is 0.306 e. The molecule has 0 radical (unpaired) electrons. The lowest BCUT2D eigenvalue weighted by Crippen LogP contribution is -2.36. The Kier molecular flexibility index (Phi) is 8.84. The Bertz CT molecular complexity index is 2190. The first-order chi connectivity index (χ1) is 24.0. The van der Waals surface area contributed by atoms with Crippen molar-refractivity contribution in [3.05, 3.63) is 81.9 Å². The van der Waals surface area contributed by atoms with Crippen LogP contribution in [0.4, 0.5) is 11.4 Å². The first kappa shape index (κ1) is 33.3. The van der Waals surface area contributed by atoms with Crippen LogP contribution in [0.2, 0.25) is 5.02 Å². The van der Waals surface area contributed by atoms with Crippen LogP contribution in [0.15, 0.2) is 52.9 Å². The van der Waals surface area contributed by atoms with Gasteiger partial charge in [-0.25, -0.2) is 9.97 Å². The molecular weight excluding hydrogens is 654 g/mol. The average Bonchev–Trinajstić information content (AvgIpc) is 3.69. The number of likely N-dealkylation sites (N-methyl/N-ethyl adjacent to an activating group) is 1. The number of halogens is 1. The van der Waals surface area contributed by atoms with Gasteiger partial charge in [-0.05, 0) is 75.0 Å². The molecule has 11 nitrogen and oxygen atoms in total. The number of amides is 1. The molecule has 2 aromatic heterocycles. The fourth-order valence-electron chi connectivity index (χ4n) is 7.38. The van der Waals surface area contributed by atoms with E-state index in [1.54, 1.807) is 6.07 Å². The summed E-state index contributed by atoms with van der Waals surface area (Å²) < 4.78 is 8.13. The maximum absolute atomic E-state index is 13.4. The summed E-state index contributed by atoms with van der Waals surface area (Å²) in [5.74, 6) is -0.640. The number of carbonyl (C=O) groups is 2. The third kappa shape index (κ3) is 5.99. The van der Waals surface area contributed by atoms with Gasteiger partial charge in [-0.1, -0.05) is 35.9 Å². The third-order valence-electron chi connectivity index (χ3n) is 10.3. The fraction of sp³-hybridized carbons (Fsp3) is 0.342. The lowest BCUT2D eigenvalue weighted by atomic mass is 9.85. The van der Waals surface area contributed by atoms with Gasteiger partial charge in [-0.15, -0.1) is 0 Å². The van der Waals surface area contributed by atoms with E-state index in [2.05, 4.69) is 26.2 Å². The maximum atomic E-state index is 13.4. The highest BCUT2D eigenvalue weighted by Crippen LogP contribution is 2.40. The summed E-state index contributed by atoms with van der Waals surface area (Å²) in [4.78, 5) is 38.7. The number of carbonyl (C=O) groups excluding carboxylic acids is 1. The summed E-state index contributed by atoms with van der Waals surface area (Å²) in [6.45, 7) is 3.59. The highest BCUT2D eigenvalue weighted by atomic mass is 35.5. The maximum Gasteiger partial charge on any atom is 0.306 e. The van der Waals surface area contributed by atoms with Crippen molar-refractivity contribution in [1.82, 2.24) is 19.4 Å². The molecule has 0 unspecified atom stereocenters. The predicted molar refractivity (Wildman–Crippen MR) is 192 cm³/mol. The molecule has 1 saturated carbocycles. The zero-order valence-corrected chi connectivity index (χ0v) is 29.2. The Morgan fingerprint density at radius 1 is 1.06 bits per heavy atom. The van der Waals surface area contributed by atoms with Crippen molar-refractivity contribution in [2.24, 2.45) is 13.0 Å². The van der Waals surface area contributed by atoms with E-state index in [-0.39, 0.29) is 17.9 Å². The Hall–Kier alpha value is -5.18. The van der Waals surface area contributed by atoms with Gasteiger partial charge >= 0.3 is 5.97 Å². The zero-order valence-electron chi connectivity index (χ0n) is 28.5. The summed E-state index contributed by atoms with van der Waals surface area (Å²) in [5.41, 5.74) is 7.86. The van der Waals surface area contributed by atoms with Gasteiger partial charge in [0.05, 0.1) is 27.9 Å². The monoisotopic (exact) mass is 691 g/mol. The number of carboxylic acid groups (broad SMARTS) is 1. The van der Waals surface area contributed by atoms with E-state index in [4.69, 9.17) is 21.0 Å². The standard InChI is InChI=1S/C38H38ClN7O4/c1-21-26(28-9-6-10-29(33(28)39)42-36(47)35-41-31-20-44(2)16-15-32(31)46(35)4)7-5-8-27(21)37-43-30-18-25(17-23(19-40)34(30)50-37)45(3)24-13-11-22(12-14-24)38(48)49/h5-10,17-18,22,24H,11-16,20H2,1-4H3,(H,42,47)(H,48,49). The van der Waals surface area contributed by atoms with Crippen LogP contribution in [0.1, 0.15) is 58.8 Å². The second-order valence-electron chi connectivity index (χ2n) is 13.4. The second kappa shape index (κ2) is 13.3. The molecule has 5 aromatic rings. The largest absolute Gasteiger partial charge is 0.481 e. The highest BCUT2D eigenvalue weighted by Gasteiger charge is 2.29. The first-order valence-electron chi connectivity index (χ1n) is 16.8. The molecule has 0 atom stereocenters. The number of oxazole rings is 1. The van der Waals surface area contributed by atoms with Crippen molar-refractivity contribution in [2.75, 3.05) is 30.9 Å². The van der Waals surface area contributed by atoms with Gasteiger partial charge in [0.15, 0.2) is 11.4 Å². The van der Waals surface area contributed by atoms with Gasteiger partial charge in [-0.2, -0.15) is 5.26 Å². The van der Waals surface area contributed by atoms with Crippen molar-refractivity contribution in [1.29, 1.82) is 5.26 Å². The average molecular weight is 692 g/mol. The Morgan fingerprint density at radius 2 is 1.78 bits per heavy atom. The summed E-state index contributed by atoms with van der Waals surface area (Å²) >= 11 is 6.99. The van der Waals surface area contributed by atoms with E-state index in [1.165, 1.54) is 0 Å². The minimum absolute atomic E-state index is 0.168. The normalized spacial score (nSPS) is 17.7. The van der Waals surface area contributed by atoms with Crippen molar-refractivity contribution < 1.29 is 19.1 Å². The highest BCUT2D eigenvalue weighted by molar-refractivity contribution is 6.36. The quantitative estimate of drug-likeness (QED) is 0.184. The minimum Gasteiger partial charge on any atom is -0.481 e.